The first-order valence-electron chi connectivity index (χ1n) is 9.46. The smallest absolute Gasteiger partial charge is 0.271 e. The summed E-state index contributed by atoms with van der Waals surface area (Å²) in [6.07, 6.45) is 1.59. The number of ether oxygens (including phenoxy) is 1. The predicted octanol–water partition coefficient (Wildman–Crippen LogP) is 2.78. The Hall–Kier alpha value is -2.90. The molecule has 0 spiro atoms. The minimum absolute atomic E-state index is 0.0944. The van der Waals surface area contributed by atoms with Crippen molar-refractivity contribution >= 4 is 5.91 Å². The van der Waals surface area contributed by atoms with Crippen LogP contribution in [0.2, 0.25) is 0 Å². The molecule has 2 N–H and O–H groups in total. The van der Waals surface area contributed by atoms with Crippen LogP contribution in [0.15, 0.2) is 53.1 Å². The number of nitrogens with zero attached hydrogens (tertiary/aromatic N) is 2. The molecule has 1 aliphatic heterocycles. The number of carbonyl (C=O) groups is 1. The van der Waals surface area contributed by atoms with Crippen molar-refractivity contribution in [2.24, 2.45) is 0 Å². The monoisotopic (exact) mass is 380 g/mol. The molecule has 0 radical (unpaired) electrons. The maximum atomic E-state index is 12.6. The quantitative estimate of drug-likeness (QED) is 0.687. The molecule has 146 valence electrons. The summed E-state index contributed by atoms with van der Waals surface area (Å²) in [5, 5.41) is 10.00. The zero-order valence-electron chi connectivity index (χ0n) is 15.9. The first-order valence-corrected chi connectivity index (χ1v) is 9.46. The molecule has 7 nitrogen and oxygen atoms in total. The van der Waals surface area contributed by atoms with Crippen LogP contribution in [0.4, 0.5) is 0 Å². The second kappa shape index (κ2) is 8.41. The summed E-state index contributed by atoms with van der Waals surface area (Å²) < 4.78 is 10.8. The van der Waals surface area contributed by atoms with Gasteiger partial charge in [0, 0.05) is 25.7 Å². The van der Waals surface area contributed by atoms with Gasteiger partial charge in [-0.2, -0.15) is 5.10 Å². The Morgan fingerprint density at radius 2 is 2.04 bits per heavy atom. The summed E-state index contributed by atoms with van der Waals surface area (Å²) in [5.74, 6) is 0.442. The Labute approximate surface area is 163 Å². The second-order valence-electron chi connectivity index (χ2n) is 6.93. The van der Waals surface area contributed by atoms with Crippen molar-refractivity contribution in [1.29, 1.82) is 0 Å². The average Bonchev–Trinajstić information content (AvgIpc) is 3.42. The third-order valence-electron chi connectivity index (χ3n) is 5.00. The molecule has 1 fully saturated rings. The molecule has 4 rings (SSSR count). The lowest BCUT2D eigenvalue weighted by Crippen LogP contribution is -2.43. The maximum Gasteiger partial charge on any atom is 0.271 e. The topological polar surface area (TPSA) is 83.4 Å². The third kappa shape index (κ3) is 4.16. The molecule has 0 saturated carbocycles. The van der Waals surface area contributed by atoms with Gasteiger partial charge in [0.2, 0.25) is 0 Å². The van der Waals surface area contributed by atoms with Crippen LogP contribution in [0.1, 0.15) is 27.7 Å². The predicted molar refractivity (Wildman–Crippen MR) is 105 cm³/mol. The molecule has 1 aromatic carbocycles. The van der Waals surface area contributed by atoms with Crippen LogP contribution < -0.4 is 5.32 Å². The molecule has 1 saturated heterocycles. The summed E-state index contributed by atoms with van der Waals surface area (Å²) in [5.41, 5.74) is 3.43. The summed E-state index contributed by atoms with van der Waals surface area (Å²) in [6.45, 7) is 5.69. The Morgan fingerprint density at radius 3 is 2.75 bits per heavy atom. The lowest BCUT2D eigenvalue weighted by Gasteiger charge is -2.35. The van der Waals surface area contributed by atoms with E-state index in [1.165, 1.54) is 11.1 Å². The van der Waals surface area contributed by atoms with Gasteiger partial charge in [-0.25, -0.2) is 0 Å². The van der Waals surface area contributed by atoms with Crippen molar-refractivity contribution in [1.82, 2.24) is 20.4 Å². The number of furan rings is 1. The van der Waals surface area contributed by atoms with E-state index >= 15 is 0 Å². The fourth-order valence-electron chi connectivity index (χ4n) is 3.41. The third-order valence-corrected chi connectivity index (χ3v) is 5.00. The molecule has 3 heterocycles. The fraction of sp³-hybridized carbons (Fsp3) is 0.333. The van der Waals surface area contributed by atoms with Crippen molar-refractivity contribution in [2.75, 3.05) is 32.8 Å². The number of amides is 1. The molecule has 0 aliphatic carbocycles. The summed E-state index contributed by atoms with van der Waals surface area (Å²) in [7, 11) is 0. The molecule has 1 unspecified atom stereocenters. The minimum Gasteiger partial charge on any atom is -0.463 e. The highest BCUT2D eigenvalue weighted by molar-refractivity contribution is 5.93. The van der Waals surface area contributed by atoms with Gasteiger partial charge < -0.3 is 14.5 Å². The number of nitrogens with one attached hydrogen (secondary N) is 2. The van der Waals surface area contributed by atoms with Gasteiger partial charge in [-0.1, -0.05) is 29.8 Å². The van der Waals surface area contributed by atoms with Crippen LogP contribution in [0, 0.1) is 6.92 Å². The molecule has 1 atom stereocenters. The Morgan fingerprint density at radius 1 is 1.25 bits per heavy atom. The van der Waals surface area contributed by atoms with Crippen LogP contribution >= 0.6 is 0 Å². The fourth-order valence-corrected chi connectivity index (χ4v) is 3.41. The van der Waals surface area contributed by atoms with Crippen LogP contribution in [0.5, 0.6) is 0 Å². The van der Waals surface area contributed by atoms with Crippen molar-refractivity contribution in [3.05, 3.63) is 65.5 Å². The minimum atomic E-state index is -0.209. The van der Waals surface area contributed by atoms with Crippen molar-refractivity contribution in [2.45, 2.75) is 13.0 Å². The van der Waals surface area contributed by atoms with Crippen LogP contribution in [-0.2, 0) is 4.74 Å². The lowest BCUT2D eigenvalue weighted by molar-refractivity contribution is 0.0162. The number of hydrogen-bond acceptors (Lipinski definition) is 5. The van der Waals surface area contributed by atoms with Crippen LogP contribution in [-0.4, -0.2) is 53.9 Å². The van der Waals surface area contributed by atoms with Gasteiger partial charge in [0.1, 0.15) is 5.69 Å². The number of rotatable bonds is 6. The average molecular weight is 380 g/mol. The highest BCUT2D eigenvalue weighted by atomic mass is 16.5. The largest absolute Gasteiger partial charge is 0.463 e. The van der Waals surface area contributed by atoms with E-state index < -0.39 is 0 Å². The molecule has 7 heteroatoms. The van der Waals surface area contributed by atoms with E-state index in [1.807, 2.05) is 6.07 Å². The molecule has 1 aliphatic rings. The highest BCUT2D eigenvalue weighted by Crippen LogP contribution is 2.22. The number of morpholine rings is 1. The van der Waals surface area contributed by atoms with E-state index in [0.717, 1.165) is 13.1 Å². The molecule has 2 aromatic heterocycles. The first kappa shape index (κ1) is 18.5. The molecular formula is C21H24N4O3. The number of aryl methyl sites for hydroxylation is 1. The number of benzene rings is 1. The molecule has 28 heavy (non-hydrogen) atoms. The number of aromatic amines is 1. The molecule has 0 bridgehead atoms. The van der Waals surface area contributed by atoms with E-state index in [-0.39, 0.29) is 11.9 Å². The normalized spacial score (nSPS) is 16.0. The zero-order valence-corrected chi connectivity index (χ0v) is 15.9. The zero-order chi connectivity index (χ0) is 19.3. The number of aromatic nitrogens is 2. The van der Waals surface area contributed by atoms with Gasteiger partial charge in [-0.3, -0.25) is 14.8 Å². The number of hydrogen-bond donors (Lipinski definition) is 2. The van der Waals surface area contributed by atoms with Crippen molar-refractivity contribution in [3.8, 4) is 11.5 Å². The second-order valence-corrected chi connectivity index (χ2v) is 6.93. The van der Waals surface area contributed by atoms with E-state index in [1.54, 1.807) is 18.4 Å². The van der Waals surface area contributed by atoms with Gasteiger partial charge >= 0.3 is 0 Å². The van der Waals surface area contributed by atoms with Gasteiger partial charge in [0.05, 0.1) is 25.5 Å². The Kier molecular flexibility index (Phi) is 5.55. The summed E-state index contributed by atoms with van der Waals surface area (Å²) in [6, 6.07) is 13.9. The van der Waals surface area contributed by atoms with Gasteiger partial charge in [-0.05, 0) is 24.6 Å². The SMILES string of the molecule is Cc1ccc(C(CNC(=O)c2cc(-c3ccco3)[nH]n2)N2CCOCC2)cc1. The van der Waals surface area contributed by atoms with E-state index in [2.05, 4.69) is 51.6 Å². The summed E-state index contributed by atoms with van der Waals surface area (Å²) >= 11 is 0. The number of H-pyrrole nitrogens is 1. The van der Waals surface area contributed by atoms with E-state index in [4.69, 9.17) is 9.15 Å². The van der Waals surface area contributed by atoms with E-state index in [0.29, 0.717) is 36.9 Å². The summed E-state index contributed by atoms with van der Waals surface area (Å²) in [4.78, 5) is 15.0. The maximum absolute atomic E-state index is 12.6. The van der Waals surface area contributed by atoms with Crippen LogP contribution in [0.25, 0.3) is 11.5 Å². The Bertz CT molecular complexity index is 896. The van der Waals surface area contributed by atoms with Crippen LogP contribution in [0.3, 0.4) is 0 Å². The van der Waals surface area contributed by atoms with Crippen molar-refractivity contribution in [3.63, 3.8) is 0 Å². The van der Waals surface area contributed by atoms with E-state index in [9.17, 15) is 4.79 Å². The Balaban J connectivity index is 1.46. The van der Waals surface area contributed by atoms with Crippen molar-refractivity contribution < 1.29 is 13.9 Å². The molecule has 3 aromatic rings. The van der Waals surface area contributed by atoms with Gasteiger partial charge in [0.25, 0.3) is 5.91 Å². The highest BCUT2D eigenvalue weighted by Gasteiger charge is 2.24. The standard InChI is InChI=1S/C21H24N4O3/c1-15-4-6-16(7-5-15)19(25-8-11-27-12-9-25)14-22-21(26)18-13-17(23-24-18)20-3-2-10-28-20/h2-7,10,13,19H,8-9,11-12,14H2,1H3,(H,22,26)(H,23,24). The van der Waals surface area contributed by atoms with Gasteiger partial charge in [0.15, 0.2) is 11.5 Å². The van der Waals surface area contributed by atoms with Gasteiger partial charge in [-0.15, -0.1) is 0 Å². The first-order chi connectivity index (χ1) is 13.7. The number of carbonyl (C=O) groups excluding carboxylic acids is 1. The lowest BCUT2D eigenvalue weighted by atomic mass is 10.0. The molecule has 1 amide bonds. The molecular weight excluding hydrogens is 356 g/mol.